The SMILES string of the molecule is Cc1cccn2c(=O)c(/C=C3\SC(=S)N([C@@H](C)c4ccccc4)C3=O)c(N3C[C@@H](C)O[C@@H](C)C3)nc12. The molecule has 36 heavy (non-hydrogen) atoms. The van der Waals surface area contributed by atoms with Gasteiger partial charge in [0.25, 0.3) is 11.5 Å². The Morgan fingerprint density at radius 1 is 1.11 bits per heavy atom. The van der Waals surface area contributed by atoms with E-state index >= 15 is 0 Å². The highest BCUT2D eigenvalue weighted by atomic mass is 32.2. The van der Waals surface area contributed by atoms with Gasteiger partial charge in [0.15, 0.2) is 0 Å². The van der Waals surface area contributed by atoms with Gasteiger partial charge in [0.05, 0.1) is 28.7 Å². The summed E-state index contributed by atoms with van der Waals surface area (Å²) < 4.78 is 7.94. The molecule has 2 aliphatic heterocycles. The summed E-state index contributed by atoms with van der Waals surface area (Å²) >= 11 is 6.83. The van der Waals surface area contributed by atoms with Crippen LogP contribution in [0.2, 0.25) is 0 Å². The summed E-state index contributed by atoms with van der Waals surface area (Å²) in [5, 5.41) is 0. The first kappa shape index (κ1) is 24.7. The quantitative estimate of drug-likeness (QED) is 0.369. The van der Waals surface area contributed by atoms with E-state index in [4.69, 9.17) is 21.9 Å². The molecule has 0 aliphatic carbocycles. The fraction of sp³-hybridized carbons (Fsp3) is 0.333. The Morgan fingerprint density at radius 2 is 1.81 bits per heavy atom. The van der Waals surface area contributed by atoms with Gasteiger partial charge in [0, 0.05) is 19.3 Å². The second-order valence-corrected chi connectivity index (χ2v) is 11.0. The average Bonchev–Trinajstić information content (AvgIpc) is 3.13. The lowest BCUT2D eigenvalue weighted by molar-refractivity contribution is -0.123. The second-order valence-electron chi connectivity index (χ2n) is 9.34. The molecule has 0 radical (unpaired) electrons. The molecule has 2 saturated heterocycles. The summed E-state index contributed by atoms with van der Waals surface area (Å²) in [5.74, 6) is 0.363. The van der Waals surface area contributed by atoms with Crippen molar-refractivity contribution in [1.29, 1.82) is 0 Å². The largest absolute Gasteiger partial charge is 0.372 e. The van der Waals surface area contributed by atoms with Crippen molar-refractivity contribution in [3.05, 3.63) is 80.6 Å². The number of anilines is 1. The van der Waals surface area contributed by atoms with Gasteiger partial charge in [0.2, 0.25) is 0 Å². The summed E-state index contributed by atoms with van der Waals surface area (Å²) in [6.07, 6.45) is 3.36. The highest BCUT2D eigenvalue weighted by Gasteiger charge is 2.37. The van der Waals surface area contributed by atoms with E-state index in [1.54, 1.807) is 21.6 Å². The number of hydrogen-bond acceptors (Lipinski definition) is 7. The van der Waals surface area contributed by atoms with Crippen LogP contribution in [0, 0.1) is 6.92 Å². The Morgan fingerprint density at radius 3 is 2.50 bits per heavy atom. The third-order valence-corrected chi connectivity index (χ3v) is 7.88. The van der Waals surface area contributed by atoms with E-state index in [0.29, 0.717) is 39.3 Å². The van der Waals surface area contributed by atoms with E-state index in [9.17, 15) is 9.59 Å². The molecule has 2 aromatic heterocycles. The van der Waals surface area contributed by atoms with Gasteiger partial charge in [-0.1, -0.05) is 60.4 Å². The number of amides is 1. The molecule has 0 saturated carbocycles. The maximum Gasteiger partial charge on any atom is 0.267 e. The number of nitrogens with zero attached hydrogens (tertiary/aromatic N) is 4. The molecule has 1 aromatic carbocycles. The van der Waals surface area contributed by atoms with Crippen LogP contribution in [-0.4, -0.2) is 49.8 Å². The molecule has 7 nitrogen and oxygen atoms in total. The topological polar surface area (TPSA) is 67.2 Å². The van der Waals surface area contributed by atoms with Crippen LogP contribution in [0.5, 0.6) is 0 Å². The molecule has 0 unspecified atom stereocenters. The van der Waals surface area contributed by atoms with Crippen LogP contribution in [0.4, 0.5) is 5.82 Å². The summed E-state index contributed by atoms with van der Waals surface area (Å²) in [5.41, 5.74) is 2.67. The Balaban J connectivity index is 1.62. The monoisotopic (exact) mass is 520 g/mol. The number of rotatable bonds is 4. The molecule has 2 fully saturated rings. The van der Waals surface area contributed by atoms with Crippen molar-refractivity contribution in [2.45, 2.75) is 45.9 Å². The van der Waals surface area contributed by atoms with Crippen LogP contribution in [-0.2, 0) is 9.53 Å². The fourth-order valence-electron chi connectivity index (χ4n) is 4.84. The smallest absolute Gasteiger partial charge is 0.267 e. The van der Waals surface area contributed by atoms with E-state index in [1.165, 1.54) is 11.8 Å². The first-order chi connectivity index (χ1) is 17.2. The van der Waals surface area contributed by atoms with Crippen LogP contribution in [0.25, 0.3) is 11.7 Å². The Hall–Kier alpha value is -3.01. The predicted octanol–water partition coefficient (Wildman–Crippen LogP) is 4.58. The number of morpholine rings is 1. The van der Waals surface area contributed by atoms with Crippen molar-refractivity contribution in [3.8, 4) is 0 Å². The van der Waals surface area contributed by atoms with Crippen molar-refractivity contribution in [1.82, 2.24) is 14.3 Å². The number of thiocarbonyl (C=S) groups is 1. The lowest BCUT2D eigenvalue weighted by atomic mass is 10.1. The van der Waals surface area contributed by atoms with Crippen LogP contribution in [0.3, 0.4) is 0 Å². The van der Waals surface area contributed by atoms with E-state index in [0.717, 1.165) is 11.1 Å². The highest BCUT2D eigenvalue weighted by molar-refractivity contribution is 8.26. The Kier molecular flexibility index (Phi) is 6.72. The Labute approximate surface area is 219 Å². The standard InChI is InChI=1S/C27H28N4O3S2/c1-16-9-8-12-30-23(16)28-24(29-14-17(2)34-18(3)15-29)21(25(30)32)13-22-26(33)31(27(35)36-22)19(4)20-10-6-5-7-11-20/h5-13,17-19H,14-15H2,1-4H3/b22-13-/t17-,18+,19-/m0/s1. The molecular weight excluding hydrogens is 492 g/mol. The first-order valence-electron chi connectivity index (χ1n) is 12.0. The number of aromatic nitrogens is 2. The van der Waals surface area contributed by atoms with Crippen molar-refractivity contribution >= 4 is 51.7 Å². The zero-order chi connectivity index (χ0) is 25.6. The zero-order valence-corrected chi connectivity index (χ0v) is 22.3. The molecule has 2 aliphatic rings. The van der Waals surface area contributed by atoms with Gasteiger partial charge in [-0.25, -0.2) is 4.98 Å². The van der Waals surface area contributed by atoms with Crippen LogP contribution in [0.1, 0.15) is 43.5 Å². The van der Waals surface area contributed by atoms with E-state index in [2.05, 4.69) is 4.90 Å². The maximum absolute atomic E-state index is 13.8. The minimum Gasteiger partial charge on any atom is -0.372 e. The number of carbonyl (C=O) groups is 1. The number of ether oxygens (including phenoxy) is 1. The van der Waals surface area contributed by atoms with Crippen molar-refractivity contribution < 1.29 is 9.53 Å². The number of benzene rings is 1. The molecular formula is C27H28N4O3S2. The molecule has 0 N–H and O–H groups in total. The van der Waals surface area contributed by atoms with E-state index in [1.807, 2.05) is 70.2 Å². The lowest BCUT2D eigenvalue weighted by Gasteiger charge is -2.36. The summed E-state index contributed by atoms with van der Waals surface area (Å²) in [6.45, 7) is 9.12. The molecule has 3 atom stereocenters. The Bertz CT molecular complexity index is 1430. The number of thioether (sulfide) groups is 1. The normalized spacial score (nSPS) is 22.6. The van der Waals surface area contributed by atoms with E-state index < -0.39 is 0 Å². The number of pyridine rings is 1. The molecule has 0 bridgehead atoms. The summed E-state index contributed by atoms with van der Waals surface area (Å²) in [6, 6.07) is 13.3. The third kappa shape index (κ3) is 4.47. The van der Waals surface area contributed by atoms with Crippen LogP contribution < -0.4 is 10.5 Å². The second kappa shape index (κ2) is 9.80. The molecule has 1 amide bonds. The van der Waals surface area contributed by atoms with E-state index in [-0.39, 0.29) is 29.7 Å². The van der Waals surface area contributed by atoms with Crippen molar-refractivity contribution in [3.63, 3.8) is 0 Å². The van der Waals surface area contributed by atoms with Crippen molar-refractivity contribution in [2.75, 3.05) is 18.0 Å². The van der Waals surface area contributed by atoms with Gasteiger partial charge in [0.1, 0.15) is 15.8 Å². The van der Waals surface area contributed by atoms with Gasteiger partial charge in [-0.2, -0.15) is 0 Å². The number of carbonyl (C=O) groups excluding carboxylic acids is 1. The minimum atomic E-state index is -0.219. The third-order valence-electron chi connectivity index (χ3n) is 6.55. The fourth-order valence-corrected chi connectivity index (χ4v) is 6.24. The molecule has 4 heterocycles. The van der Waals surface area contributed by atoms with Gasteiger partial charge in [-0.15, -0.1) is 0 Å². The van der Waals surface area contributed by atoms with Crippen LogP contribution in [0.15, 0.2) is 58.4 Å². The van der Waals surface area contributed by atoms with Gasteiger partial charge in [-0.3, -0.25) is 18.9 Å². The predicted molar refractivity (Wildman–Crippen MR) is 148 cm³/mol. The molecule has 5 rings (SSSR count). The first-order valence-corrected chi connectivity index (χ1v) is 13.2. The number of aryl methyl sites for hydroxylation is 1. The molecule has 3 aromatic rings. The van der Waals surface area contributed by atoms with Gasteiger partial charge < -0.3 is 9.64 Å². The molecule has 0 spiro atoms. The number of hydrogen-bond donors (Lipinski definition) is 0. The molecule has 9 heteroatoms. The molecule has 186 valence electrons. The van der Waals surface area contributed by atoms with Crippen molar-refractivity contribution in [2.24, 2.45) is 0 Å². The minimum absolute atomic E-state index is 0.0105. The lowest BCUT2D eigenvalue weighted by Crippen LogP contribution is -2.46. The average molecular weight is 521 g/mol. The maximum atomic E-state index is 13.8. The zero-order valence-electron chi connectivity index (χ0n) is 20.7. The number of fused-ring (bicyclic) bond motifs is 1. The van der Waals surface area contributed by atoms with Gasteiger partial charge >= 0.3 is 0 Å². The van der Waals surface area contributed by atoms with Crippen LogP contribution >= 0.6 is 24.0 Å². The summed E-state index contributed by atoms with van der Waals surface area (Å²) in [7, 11) is 0. The summed E-state index contributed by atoms with van der Waals surface area (Å²) in [4.78, 5) is 36.4. The highest BCUT2D eigenvalue weighted by Crippen LogP contribution is 2.38. The van der Waals surface area contributed by atoms with Gasteiger partial charge in [-0.05, 0) is 51.0 Å².